The largest absolute Gasteiger partial charge is 0.497 e. The van der Waals surface area contributed by atoms with Crippen LogP contribution in [0.15, 0.2) is 43.0 Å². The number of rotatable bonds is 6. The van der Waals surface area contributed by atoms with Gasteiger partial charge in [-0.25, -0.2) is 0 Å². The van der Waals surface area contributed by atoms with Gasteiger partial charge in [0.05, 0.1) is 7.11 Å². The van der Waals surface area contributed by atoms with Crippen molar-refractivity contribution in [2.45, 2.75) is 33.8 Å². The highest BCUT2D eigenvalue weighted by atomic mass is 16.5. The number of benzene rings is 2. The number of aryl methyl sites for hydroxylation is 1. The van der Waals surface area contributed by atoms with E-state index in [-0.39, 0.29) is 0 Å². The van der Waals surface area contributed by atoms with Gasteiger partial charge in [0.15, 0.2) is 0 Å². The van der Waals surface area contributed by atoms with E-state index in [4.69, 9.17) is 9.47 Å². The predicted molar refractivity (Wildman–Crippen MR) is 92.6 cm³/mol. The Hall–Kier alpha value is -2.22. The number of ether oxygens (including phenoxy) is 2. The third-order valence-electron chi connectivity index (χ3n) is 3.84. The van der Waals surface area contributed by atoms with Crippen LogP contribution in [-0.4, -0.2) is 7.11 Å². The van der Waals surface area contributed by atoms with Crippen LogP contribution in [0.4, 0.5) is 0 Å². The van der Waals surface area contributed by atoms with Gasteiger partial charge >= 0.3 is 0 Å². The molecule has 0 amide bonds. The molecule has 0 aliphatic rings. The molecule has 116 valence electrons. The molecule has 0 spiro atoms. The van der Waals surface area contributed by atoms with Crippen LogP contribution in [-0.2, 0) is 13.0 Å². The maximum absolute atomic E-state index is 6.05. The Morgan fingerprint density at radius 2 is 1.77 bits per heavy atom. The molecule has 2 nitrogen and oxygen atoms in total. The molecule has 0 fully saturated rings. The van der Waals surface area contributed by atoms with Crippen molar-refractivity contribution < 1.29 is 9.47 Å². The maximum atomic E-state index is 6.05. The molecule has 0 aliphatic carbocycles. The van der Waals surface area contributed by atoms with Gasteiger partial charge in [-0.05, 0) is 60.7 Å². The summed E-state index contributed by atoms with van der Waals surface area (Å²) in [6.45, 7) is 11.0. The fourth-order valence-electron chi connectivity index (χ4n) is 2.66. The van der Waals surface area contributed by atoms with Crippen molar-refractivity contribution in [1.82, 2.24) is 0 Å². The lowest BCUT2D eigenvalue weighted by atomic mass is 9.94. The number of allylic oxidation sites excluding steroid dienone is 1. The van der Waals surface area contributed by atoms with Gasteiger partial charge in [0.2, 0.25) is 0 Å². The number of hydrogen-bond acceptors (Lipinski definition) is 2. The van der Waals surface area contributed by atoms with Crippen LogP contribution in [0.25, 0.3) is 5.57 Å². The topological polar surface area (TPSA) is 18.5 Å². The van der Waals surface area contributed by atoms with Crippen molar-refractivity contribution in [3.8, 4) is 11.5 Å². The molecule has 0 unspecified atom stereocenters. The minimum Gasteiger partial charge on any atom is -0.497 e. The van der Waals surface area contributed by atoms with Crippen LogP contribution < -0.4 is 9.47 Å². The van der Waals surface area contributed by atoms with Crippen molar-refractivity contribution in [1.29, 1.82) is 0 Å². The molecule has 0 aromatic heterocycles. The minimum atomic E-state index is 0.538. The fraction of sp³-hybridized carbons (Fsp3) is 0.300. The van der Waals surface area contributed by atoms with Gasteiger partial charge in [-0.3, -0.25) is 0 Å². The highest BCUT2D eigenvalue weighted by Gasteiger charge is 2.12. The SMILES string of the molecule is C=C(C)c1c(OCc2ccc(OC)cc2)ccc(C)c1CC. The molecule has 0 bridgehead atoms. The molecule has 0 saturated heterocycles. The van der Waals surface area contributed by atoms with E-state index >= 15 is 0 Å². The normalized spacial score (nSPS) is 10.4. The van der Waals surface area contributed by atoms with Crippen LogP contribution in [0, 0.1) is 6.92 Å². The van der Waals surface area contributed by atoms with Crippen LogP contribution in [0.2, 0.25) is 0 Å². The Bertz CT molecular complexity index is 654. The van der Waals surface area contributed by atoms with E-state index in [1.54, 1.807) is 7.11 Å². The molecular formula is C20H24O2. The van der Waals surface area contributed by atoms with Gasteiger partial charge in [0.25, 0.3) is 0 Å². The highest BCUT2D eigenvalue weighted by molar-refractivity contribution is 5.71. The number of hydrogen-bond donors (Lipinski definition) is 0. The molecule has 2 heteroatoms. The summed E-state index contributed by atoms with van der Waals surface area (Å²) < 4.78 is 11.2. The average Bonchev–Trinajstić information content (AvgIpc) is 2.53. The molecular weight excluding hydrogens is 272 g/mol. The molecule has 0 radical (unpaired) electrons. The summed E-state index contributed by atoms with van der Waals surface area (Å²) in [6.07, 6.45) is 0.980. The summed E-state index contributed by atoms with van der Waals surface area (Å²) >= 11 is 0. The van der Waals surface area contributed by atoms with Gasteiger partial charge in [-0.1, -0.05) is 31.7 Å². The third kappa shape index (κ3) is 3.51. The molecule has 0 saturated carbocycles. The molecule has 0 atom stereocenters. The van der Waals surface area contributed by atoms with Crippen molar-refractivity contribution in [3.05, 3.63) is 65.2 Å². The van der Waals surface area contributed by atoms with E-state index in [9.17, 15) is 0 Å². The zero-order chi connectivity index (χ0) is 16.1. The maximum Gasteiger partial charge on any atom is 0.127 e. The second kappa shape index (κ2) is 7.17. The second-order valence-electron chi connectivity index (χ2n) is 5.50. The third-order valence-corrected chi connectivity index (χ3v) is 3.84. The zero-order valence-electron chi connectivity index (χ0n) is 13.9. The minimum absolute atomic E-state index is 0.538. The molecule has 0 aliphatic heterocycles. The number of methoxy groups -OCH3 is 1. The van der Waals surface area contributed by atoms with Crippen molar-refractivity contribution in [2.75, 3.05) is 7.11 Å². The average molecular weight is 296 g/mol. The van der Waals surface area contributed by atoms with Crippen molar-refractivity contribution >= 4 is 5.57 Å². The lowest BCUT2D eigenvalue weighted by Gasteiger charge is -2.17. The molecule has 2 aromatic rings. The Labute approximate surface area is 133 Å². The van der Waals surface area contributed by atoms with Gasteiger partial charge in [0, 0.05) is 5.56 Å². The lowest BCUT2D eigenvalue weighted by molar-refractivity contribution is 0.304. The van der Waals surface area contributed by atoms with E-state index < -0.39 is 0 Å². The first-order valence-corrected chi connectivity index (χ1v) is 7.60. The zero-order valence-corrected chi connectivity index (χ0v) is 13.9. The van der Waals surface area contributed by atoms with E-state index in [2.05, 4.69) is 26.5 Å². The summed E-state index contributed by atoms with van der Waals surface area (Å²) in [7, 11) is 1.67. The smallest absolute Gasteiger partial charge is 0.127 e. The summed E-state index contributed by atoms with van der Waals surface area (Å²) in [6, 6.07) is 12.1. The van der Waals surface area contributed by atoms with Crippen LogP contribution in [0.5, 0.6) is 11.5 Å². The van der Waals surface area contributed by atoms with Crippen LogP contribution in [0.1, 0.15) is 36.1 Å². The van der Waals surface area contributed by atoms with E-state index in [0.717, 1.165) is 34.6 Å². The van der Waals surface area contributed by atoms with Crippen LogP contribution in [0.3, 0.4) is 0 Å². The monoisotopic (exact) mass is 296 g/mol. The predicted octanol–water partition coefficient (Wildman–Crippen LogP) is 5.18. The first-order valence-electron chi connectivity index (χ1n) is 7.60. The van der Waals surface area contributed by atoms with Crippen LogP contribution >= 0.6 is 0 Å². The second-order valence-corrected chi connectivity index (χ2v) is 5.50. The first-order chi connectivity index (χ1) is 10.6. The van der Waals surface area contributed by atoms with Gasteiger partial charge in [0.1, 0.15) is 18.1 Å². The lowest BCUT2D eigenvalue weighted by Crippen LogP contribution is -2.02. The Morgan fingerprint density at radius 1 is 1.09 bits per heavy atom. The molecule has 0 heterocycles. The summed E-state index contributed by atoms with van der Waals surface area (Å²) in [4.78, 5) is 0. The quantitative estimate of drug-likeness (QED) is 0.731. The van der Waals surface area contributed by atoms with Crippen molar-refractivity contribution in [3.63, 3.8) is 0 Å². The Balaban J connectivity index is 2.23. The standard InChI is InChI=1S/C20H24O2/c1-6-18-15(4)7-12-19(20(18)14(2)3)22-13-16-8-10-17(21-5)11-9-16/h7-12H,2,6,13H2,1,3-5H3. The molecule has 2 aromatic carbocycles. The molecule has 2 rings (SSSR count). The molecule has 22 heavy (non-hydrogen) atoms. The fourth-order valence-corrected chi connectivity index (χ4v) is 2.66. The summed E-state index contributed by atoms with van der Waals surface area (Å²) in [5.74, 6) is 1.76. The Kier molecular flexibility index (Phi) is 5.26. The van der Waals surface area contributed by atoms with Gasteiger partial charge in [-0.15, -0.1) is 0 Å². The van der Waals surface area contributed by atoms with Crippen molar-refractivity contribution in [2.24, 2.45) is 0 Å². The highest BCUT2D eigenvalue weighted by Crippen LogP contribution is 2.32. The van der Waals surface area contributed by atoms with Gasteiger partial charge in [-0.2, -0.15) is 0 Å². The van der Waals surface area contributed by atoms with E-state index in [1.165, 1.54) is 11.1 Å². The van der Waals surface area contributed by atoms with E-state index in [0.29, 0.717) is 6.61 Å². The Morgan fingerprint density at radius 3 is 2.32 bits per heavy atom. The molecule has 0 N–H and O–H groups in total. The summed E-state index contributed by atoms with van der Waals surface area (Å²) in [5.41, 5.74) is 5.92. The van der Waals surface area contributed by atoms with E-state index in [1.807, 2.05) is 37.3 Å². The summed E-state index contributed by atoms with van der Waals surface area (Å²) in [5, 5.41) is 0. The first kappa shape index (κ1) is 16.2. The van der Waals surface area contributed by atoms with Gasteiger partial charge < -0.3 is 9.47 Å².